The van der Waals surface area contributed by atoms with Crippen LogP contribution in [0.3, 0.4) is 0 Å². The number of carbonyl (C=O) groups excluding carboxylic acids is 1. The molecule has 154 valence electrons. The van der Waals surface area contributed by atoms with E-state index in [2.05, 4.69) is 15.4 Å². The number of nitrogens with one attached hydrogen (secondary N) is 4. The summed E-state index contributed by atoms with van der Waals surface area (Å²) in [4.78, 5) is 12.2. The Kier molecular flexibility index (Phi) is 5.88. The first-order valence-electron chi connectivity index (χ1n) is 8.68. The minimum Gasteiger partial charge on any atom is -0.506 e. The maximum atomic E-state index is 12.4. The molecular formula is C20H19N5O4S. The van der Waals surface area contributed by atoms with Gasteiger partial charge >= 0.3 is 6.03 Å². The molecule has 0 radical (unpaired) electrons. The number of amidine groups is 1. The summed E-state index contributed by atoms with van der Waals surface area (Å²) in [5, 5.41) is 22.7. The minimum atomic E-state index is -3.86. The van der Waals surface area contributed by atoms with Crippen LogP contribution in [0.5, 0.6) is 5.75 Å². The zero-order chi connectivity index (χ0) is 21.7. The summed E-state index contributed by atoms with van der Waals surface area (Å²) in [6, 6.07) is 17.6. The quantitative estimate of drug-likeness (QED) is 0.203. The molecule has 2 amide bonds. The maximum Gasteiger partial charge on any atom is 0.323 e. The fraction of sp³-hybridized carbons (Fsp3) is 0. The van der Waals surface area contributed by atoms with E-state index in [1.165, 1.54) is 30.3 Å². The number of benzene rings is 3. The second kappa shape index (κ2) is 8.53. The predicted octanol–water partition coefficient (Wildman–Crippen LogP) is 3.12. The van der Waals surface area contributed by atoms with Gasteiger partial charge in [0, 0.05) is 23.0 Å². The lowest BCUT2D eigenvalue weighted by atomic mass is 10.2. The number of phenols is 1. The SMILES string of the molecule is N=C(N)c1cccc(NC(=O)Nc2ccc(NS(=O)(=O)c3ccccc3)c(O)c2)c1. The number of amides is 2. The number of carbonyl (C=O) groups is 1. The lowest BCUT2D eigenvalue weighted by molar-refractivity contribution is 0.262. The van der Waals surface area contributed by atoms with Crippen LogP contribution in [0.4, 0.5) is 21.9 Å². The van der Waals surface area contributed by atoms with E-state index in [1.807, 2.05) is 0 Å². The van der Waals surface area contributed by atoms with E-state index in [-0.39, 0.29) is 27.9 Å². The molecule has 0 saturated heterocycles. The van der Waals surface area contributed by atoms with Gasteiger partial charge in [0.25, 0.3) is 10.0 Å². The van der Waals surface area contributed by atoms with Crippen molar-refractivity contribution in [2.45, 2.75) is 4.90 Å². The number of hydrogen-bond donors (Lipinski definition) is 6. The molecule has 9 nitrogen and oxygen atoms in total. The number of anilines is 3. The fourth-order valence-electron chi connectivity index (χ4n) is 2.56. The Morgan fingerprint density at radius 2 is 1.57 bits per heavy atom. The number of aromatic hydroxyl groups is 1. The summed E-state index contributed by atoms with van der Waals surface area (Å²) < 4.78 is 27.0. The summed E-state index contributed by atoms with van der Waals surface area (Å²) in [5.74, 6) is -0.483. The first-order valence-corrected chi connectivity index (χ1v) is 10.2. The largest absolute Gasteiger partial charge is 0.506 e. The van der Waals surface area contributed by atoms with Crippen molar-refractivity contribution < 1.29 is 18.3 Å². The number of nitrogens with two attached hydrogens (primary N) is 1. The van der Waals surface area contributed by atoms with E-state index in [0.29, 0.717) is 11.3 Å². The Balaban J connectivity index is 1.69. The smallest absolute Gasteiger partial charge is 0.323 e. The molecule has 0 heterocycles. The third-order valence-corrected chi connectivity index (χ3v) is 5.37. The maximum absolute atomic E-state index is 12.4. The summed E-state index contributed by atoms with van der Waals surface area (Å²) in [5.41, 5.74) is 6.53. The number of phenolic OH excluding ortho intramolecular Hbond substituents is 1. The monoisotopic (exact) mass is 425 g/mol. The normalized spacial score (nSPS) is 10.8. The van der Waals surface area contributed by atoms with E-state index < -0.39 is 16.1 Å². The lowest BCUT2D eigenvalue weighted by Crippen LogP contribution is -2.20. The Morgan fingerprint density at radius 3 is 2.20 bits per heavy atom. The van der Waals surface area contributed by atoms with Crippen molar-refractivity contribution in [2.24, 2.45) is 5.73 Å². The Labute approximate surface area is 173 Å². The third-order valence-electron chi connectivity index (χ3n) is 3.98. The van der Waals surface area contributed by atoms with Gasteiger partial charge in [0.1, 0.15) is 11.6 Å². The number of sulfonamides is 1. The molecule has 0 bridgehead atoms. The lowest BCUT2D eigenvalue weighted by Gasteiger charge is -2.12. The molecule has 7 N–H and O–H groups in total. The molecule has 0 aliphatic heterocycles. The van der Waals surface area contributed by atoms with Gasteiger partial charge in [-0.3, -0.25) is 10.1 Å². The fourth-order valence-corrected chi connectivity index (χ4v) is 3.65. The van der Waals surface area contributed by atoms with Gasteiger partial charge in [-0.05, 0) is 36.4 Å². The molecular weight excluding hydrogens is 406 g/mol. The zero-order valence-electron chi connectivity index (χ0n) is 15.6. The van der Waals surface area contributed by atoms with E-state index in [9.17, 15) is 18.3 Å². The van der Waals surface area contributed by atoms with Crippen LogP contribution >= 0.6 is 0 Å². The van der Waals surface area contributed by atoms with Crippen LogP contribution < -0.4 is 21.1 Å². The molecule has 3 rings (SSSR count). The van der Waals surface area contributed by atoms with Gasteiger partial charge in [-0.1, -0.05) is 30.3 Å². The highest BCUT2D eigenvalue weighted by Crippen LogP contribution is 2.29. The number of hydrogen-bond acceptors (Lipinski definition) is 5. The van der Waals surface area contributed by atoms with Crippen molar-refractivity contribution in [3.05, 3.63) is 78.4 Å². The highest BCUT2D eigenvalue weighted by Gasteiger charge is 2.16. The first-order chi connectivity index (χ1) is 14.2. The highest BCUT2D eigenvalue weighted by atomic mass is 32.2. The van der Waals surface area contributed by atoms with Crippen molar-refractivity contribution in [1.82, 2.24) is 0 Å². The second-order valence-corrected chi connectivity index (χ2v) is 7.91. The highest BCUT2D eigenvalue weighted by molar-refractivity contribution is 7.92. The third kappa shape index (κ3) is 5.06. The van der Waals surface area contributed by atoms with Gasteiger partial charge < -0.3 is 21.5 Å². The summed E-state index contributed by atoms with van der Waals surface area (Å²) in [7, 11) is -3.86. The van der Waals surface area contributed by atoms with E-state index in [0.717, 1.165) is 0 Å². The summed E-state index contributed by atoms with van der Waals surface area (Å²) in [6.07, 6.45) is 0. The van der Waals surface area contributed by atoms with E-state index in [1.54, 1.807) is 42.5 Å². The van der Waals surface area contributed by atoms with Crippen molar-refractivity contribution in [3.8, 4) is 5.75 Å². The minimum absolute atomic E-state index is 0.0287. The number of urea groups is 1. The van der Waals surface area contributed by atoms with Gasteiger partial charge in [0.2, 0.25) is 0 Å². The average Bonchev–Trinajstić information content (AvgIpc) is 2.71. The molecule has 0 aliphatic carbocycles. The molecule has 3 aromatic carbocycles. The molecule has 0 aliphatic rings. The molecule has 3 aromatic rings. The second-order valence-electron chi connectivity index (χ2n) is 6.22. The van der Waals surface area contributed by atoms with Crippen molar-refractivity contribution in [3.63, 3.8) is 0 Å². The van der Waals surface area contributed by atoms with Gasteiger partial charge in [-0.15, -0.1) is 0 Å². The van der Waals surface area contributed by atoms with Crippen LogP contribution in [0, 0.1) is 5.41 Å². The number of nitrogen functional groups attached to an aromatic ring is 1. The molecule has 10 heteroatoms. The Morgan fingerprint density at radius 1 is 0.900 bits per heavy atom. The van der Waals surface area contributed by atoms with Crippen LogP contribution in [-0.4, -0.2) is 25.4 Å². The molecule has 0 atom stereocenters. The van der Waals surface area contributed by atoms with Crippen LogP contribution in [0.1, 0.15) is 5.56 Å². The van der Waals surface area contributed by atoms with Crippen molar-refractivity contribution in [1.29, 1.82) is 5.41 Å². The van der Waals surface area contributed by atoms with Crippen LogP contribution in [0.2, 0.25) is 0 Å². The average molecular weight is 425 g/mol. The molecule has 0 aromatic heterocycles. The molecule has 30 heavy (non-hydrogen) atoms. The Bertz CT molecular complexity index is 1200. The topological polar surface area (TPSA) is 157 Å². The summed E-state index contributed by atoms with van der Waals surface area (Å²) >= 11 is 0. The van der Waals surface area contributed by atoms with Gasteiger partial charge in [-0.25, -0.2) is 13.2 Å². The first kappa shape index (κ1) is 20.7. The number of rotatable bonds is 6. The van der Waals surface area contributed by atoms with E-state index >= 15 is 0 Å². The van der Waals surface area contributed by atoms with Crippen molar-refractivity contribution in [2.75, 3.05) is 15.4 Å². The molecule has 0 saturated carbocycles. The molecule has 0 fully saturated rings. The summed E-state index contributed by atoms with van der Waals surface area (Å²) in [6.45, 7) is 0. The van der Waals surface area contributed by atoms with Crippen LogP contribution in [-0.2, 0) is 10.0 Å². The van der Waals surface area contributed by atoms with Crippen LogP contribution in [0.25, 0.3) is 0 Å². The van der Waals surface area contributed by atoms with Crippen molar-refractivity contribution >= 4 is 39.0 Å². The molecule has 0 unspecified atom stereocenters. The van der Waals surface area contributed by atoms with E-state index in [4.69, 9.17) is 11.1 Å². The predicted molar refractivity (Wildman–Crippen MR) is 115 cm³/mol. The van der Waals surface area contributed by atoms with Gasteiger partial charge in [0.05, 0.1) is 10.6 Å². The standard InChI is InChI=1S/C20H19N5O4S/c21-19(22)13-5-4-6-14(11-13)23-20(27)24-15-9-10-17(18(26)12-15)25-30(28,29)16-7-2-1-3-8-16/h1-12,25-26H,(H3,21,22)(H2,23,24,27). The van der Waals surface area contributed by atoms with Crippen LogP contribution in [0.15, 0.2) is 77.7 Å². The van der Waals surface area contributed by atoms with Gasteiger partial charge in [0.15, 0.2) is 0 Å². The molecule has 0 spiro atoms. The van der Waals surface area contributed by atoms with Gasteiger partial charge in [-0.2, -0.15) is 0 Å². The zero-order valence-corrected chi connectivity index (χ0v) is 16.4. The Hall–Kier alpha value is -4.05.